The van der Waals surface area contributed by atoms with E-state index in [2.05, 4.69) is 4.98 Å². The minimum atomic E-state index is -0.797. The highest BCUT2D eigenvalue weighted by molar-refractivity contribution is 6.51. The molecule has 0 saturated carbocycles. The van der Waals surface area contributed by atoms with Gasteiger partial charge in [-0.25, -0.2) is 0 Å². The van der Waals surface area contributed by atoms with Crippen molar-refractivity contribution in [3.05, 3.63) is 130 Å². The van der Waals surface area contributed by atoms with E-state index in [0.717, 1.165) is 22.3 Å². The molecular formula is C32H28N2O4. The van der Waals surface area contributed by atoms with E-state index in [4.69, 9.17) is 4.74 Å². The number of amides is 1. The van der Waals surface area contributed by atoms with Crippen LogP contribution in [0.1, 0.15) is 39.4 Å². The van der Waals surface area contributed by atoms with Gasteiger partial charge in [-0.1, -0.05) is 36.4 Å². The van der Waals surface area contributed by atoms with E-state index < -0.39 is 17.7 Å². The third-order valence-electron chi connectivity index (χ3n) is 6.92. The van der Waals surface area contributed by atoms with Gasteiger partial charge in [-0.15, -0.1) is 0 Å². The molecule has 0 bridgehead atoms. The number of ether oxygens (including phenoxy) is 1. The van der Waals surface area contributed by atoms with Crippen LogP contribution in [-0.2, 0) is 16.2 Å². The fourth-order valence-corrected chi connectivity index (χ4v) is 4.68. The second-order valence-electron chi connectivity index (χ2n) is 9.47. The van der Waals surface area contributed by atoms with Gasteiger partial charge < -0.3 is 9.84 Å². The van der Waals surface area contributed by atoms with Crippen molar-refractivity contribution in [2.75, 3.05) is 4.90 Å². The van der Waals surface area contributed by atoms with E-state index in [-0.39, 0.29) is 11.3 Å². The second kappa shape index (κ2) is 10.3. The quantitative estimate of drug-likeness (QED) is 0.192. The molecule has 0 spiro atoms. The van der Waals surface area contributed by atoms with Gasteiger partial charge in [0.15, 0.2) is 0 Å². The molecule has 1 saturated heterocycles. The van der Waals surface area contributed by atoms with Crippen molar-refractivity contribution in [3.8, 4) is 5.75 Å². The number of rotatable bonds is 6. The number of pyridine rings is 1. The van der Waals surface area contributed by atoms with E-state index in [0.29, 0.717) is 29.2 Å². The number of Topliss-reactive ketones (excluding diaryl/α,β-unsaturated/α-hetero) is 1. The first-order valence-electron chi connectivity index (χ1n) is 12.4. The molecular weight excluding hydrogens is 476 g/mol. The molecule has 1 aliphatic rings. The molecule has 0 aliphatic carbocycles. The summed E-state index contributed by atoms with van der Waals surface area (Å²) >= 11 is 0. The number of hydrogen-bond acceptors (Lipinski definition) is 5. The summed E-state index contributed by atoms with van der Waals surface area (Å²) in [6, 6.07) is 23.4. The third-order valence-corrected chi connectivity index (χ3v) is 6.92. The zero-order valence-corrected chi connectivity index (χ0v) is 21.5. The molecule has 1 unspecified atom stereocenters. The Morgan fingerprint density at radius 2 is 1.61 bits per heavy atom. The van der Waals surface area contributed by atoms with E-state index in [9.17, 15) is 14.7 Å². The predicted molar refractivity (Wildman–Crippen MR) is 147 cm³/mol. The normalized spacial score (nSPS) is 16.6. The van der Waals surface area contributed by atoms with E-state index in [1.807, 2.05) is 69.3 Å². The zero-order chi connectivity index (χ0) is 26.8. The molecule has 1 N–H and O–H groups in total. The van der Waals surface area contributed by atoms with Crippen LogP contribution >= 0.6 is 0 Å². The molecule has 6 heteroatoms. The molecule has 1 fully saturated rings. The molecule has 2 heterocycles. The van der Waals surface area contributed by atoms with Crippen LogP contribution in [0.4, 0.5) is 5.69 Å². The van der Waals surface area contributed by atoms with Gasteiger partial charge in [0.25, 0.3) is 11.7 Å². The average Bonchev–Trinajstić information content (AvgIpc) is 3.20. The van der Waals surface area contributed by atoms with Crippen molar-refractivity contribution in [1.82, 2.24) is 4.98 Å². The highest BCUT2D eigenvalue weighted by atomic mass is 16.5. The number of ketones is 1. The maximum absolute atomic E-state index is 13.4. The number of carbonyl (C=O) groups is 2. The number of aryl methyl sites for hydroxylation is 3. The molecule has 4 aromatic rings. The number of benzene rings is 3. The maximum atomic E-state index is 13.4. The molecule has 190 valence electrons. The molecule has 1 aromatic heterocycles. The number of aromatic nitrogens is 1. The summed E-state index contributed by atoms with van der Waals surface area (Å²) in [5.41, 5.74) is 5.67. The Bertz CT molecular complexity index is 1540. The predicted octanol–water partition coefficient (Wildman–Crippen LogP) is 6.21. The molecule has 3 aromatic carbocycles. The minimum Gasteiger partial charge on any atom is -0.507 e. The molecule has 38 heavy (non-hydrogen) atoms. The van der Waals surface area contributed by atoms with Crippen LogP contribution in [0.2, 0.25) is 0 Å². The number of carbonyl (C=O) groups excluding carboxylic acids is 2. The summed E-state index contributed by atoms with van der Waals surface area (Å²) in [7, 11) is 0. The van der Waals surface area contributed by atoms with Crippen molar-refractivity contribution in [2.45, 2.75) is 33.4 Å². The standard InChI is InChI=1S/C32H28N2O4/c1-20-9-11-26(18-21(20)2)34-29(24-13-15-33-16-14-24)28(31(36)32(34)37)30(35)25-10-12-27(22(3)17-25)38-19-23-7-5-4-6-8-23/h4-18,29,35H,19H2,1-3H3/b30-28+. The number of anilines is 1. The first-order valence-corrected chi connectivity index (χ1v) is 12.4. The lowest BCUT2D eigenvalue weighted by atomic mass is 9.95. The summed E-state index contributed by atoms with van der Waals surface area (Å²) in [5.74, 6) is -0.971. The fraction of sp³-hybridized carbons (Fsp3) is 0.156. The van der Waals surface area contributed by atoms with Gasteiger partial charge in [0.2, 0.25) is 0 Å². The average molecular weight is 505 g/mol. The number of aliphatic hydroxyl groups is 1. The van der Waals surface area contributed by atoms with Crippen molar-refractivity contribution < 1.29 is 19.4 Å². The molecule has 5 rings (SSSR count). The van der Waals surface area contributed by atoms with Crippen LogP contribution in [0.3, 0.4) is 0 Å². The fourth-order valence-electron chi connectivity index (χ4n) is 4.68. The highest BCUT2D eigenvalue weighted by Gasteiger charge is 2.47. The summed E-state index contributed by atoms with van der Waals surface area (Å²) < 4.78 is 5.97. The van der Waals surface area contributed by atoms with Crippen LogP contribution in [0.25, 0.3) is 5.76 Å². The van der Waals surface area contributed by atoms with E-state index in [1.165, 1.54) is 4.90 Å². The lowest BCUT2D eigenvalue weighted by molar-refractivity contribution is -0.132. The number of hydrogen-bond donors (Lipinski definition) is 1. The van der Waals surface area contributed by atoms with E-state index >= 15 is 0 Å². The molecule has 6 nitrogen and oxygen atoms in total. The van der Waals surface area contributed by atoms with Crippen LogP contribution in [0, 0.1) is 20.8 Å². The summed E-state index contributed by atoms with van der Waals surface area (Å²) in [4.78, 5) is 32.3. The van der Waals surface area contributed by atoms with Crippen LogP contribution in [0.5, 0.6) is 5.75 Å². The molecule has 1 aliphatic heterocycles. The Morgan fingerprint density at radius 3 is 2.29 bits per heavy atom. The second-order valence-corrected chi connectivity index (χ2v) is 9.47. The largest absolute Gasteiger partial charge is 0.507 e. The minimum absolute atomic E-state index is 0.0387. The molecule has 0 radical (unpaired) electrons. The summed E-state index contributed by atoms with van der Waals surface area (Å²) in [6.45, 7) is 6.24. The summed E-state index contributed by atoms with van der Waals surface area (Å²) in [6.07, 6.45) is 3.22. The van der Waals surface area contributed by atoms with Crippen LogP contribution in [-0.4, -0.2) is 21.8 Å². The Labute approximate surface area is 221 Å². The number of nitrogens with zero attached hydrogens (tertiary/aromatic N) is 2. The highest BCUT2D eigenvalue weighted by Crippen LogP contribution is 2.42. The van der Waals surface area contributed by atoms with Gasteiger partial charge in [0.1, 0.15) is 18.1 Å². The zero-order valence-electron chi connectivity index (χ0n) is 21.5. The SMILES string of the molecule is Cc1ccc(N2C(=O)C(=O)/C(=C(/O)c3ccc(OCc4ccccc4)c(C)c3)C2c2ccncc2)cc1C. The first-order chi connectivity index (χ1) is 18.3. The monoisotopic (exact) mass is 504 g/mol. The first kappa shape index (κ1) is 25.0. The maximum Gasteiger partial charge on any atom is 0.300 e. The molecule has 1 amide bonds. The van der Waals surface area contributed by atoms with Gasteiger partial charge in [-0.3, -0.25) is 19.5 Å². The van der Waals surface area contributed by atoms with E-state index in [1.54, 1.807) is 42.7 Å². The Balaban J connectivity index is 1.55. The van der Waals surface area contributed by atoms with Crippen molar-refractivity contribution >= 4 is 23.1 Å². The van der Waals surface area contributed by atoms with Gasteiger partial charge >= 0.3 is 0 Å². The van der Waals surface area contributed by atoms with Crippen LogP contribution < -0.4 is 9.64 Å². The Morgan fingerprint density at radius 1 is 0.868 bits per heavy atom. The topological polar surface area (TPSA) is 79.7 Å². The summed E-state index contributed by atoms with van der Waals surface area (Å²) in [5, 5.41) is 11.5. The smallest absolute Gasteiger partial charge is 0.300 e. The number of aliphatic hydroxyl groups excluding tert-OH is 1. The molecule has 1 atom stereocenters. The van der Waals surface area contributed by atoms with Crippen LogP contribution in [0.15, 0.2) is 96.8 Å². The van der Waals surface area contributed by atoms with Gasteiger partial charge in [0.05, 0.1) is 11.6 Å². The lowest BCUT2D eigenvalue weighted by Crippen LogP contribution is -2.29. The van der Waals surface area contributed by atoms with Crippen molar-refractivity contribution in [3.63, 3.8) is 0 Å². The Hall–Kier alpha value is -4.71. The van der Waals surface area contributed by atoms with Crippen molar-refractivity contribution in [2.24, 2.45) is 0 Å². The third kappa shape index (κ3) is 4.68. The van der Waals surface area contributed by atoms with Gasteiger partial charge in [-0.2, -0.15) is 0 Å². The van der Waals surface area contributed by atoms with Gasteiger partial charge in [0, 0.05) is 23.6 Å². The van der Waals surface area contributed by atoms with Gasteiger partial charge in [-0.05, 0) is 91.1 Å². The van der Waals surface area contributed by atoms with Crippen molar-refractivity contribution in [1.29, 1.82) is 0 Å². The lowest BCUT2D eigenvalue weighted by Gasteiger charge is -2.26. The Kier molecular flexibility index (Phi) is 6.79.